The van der Waals surface area contributed by atoms with Gasteiger partial charge in [0, 0.05) is 23.2 Å². The number of aromatic nitrogens is 2. The Morgan fingerprint density at radius 1 is 1.33 bits per heavy atom. The average Bonchev–Trinajstić information content (AvgIpc) is 2.89. The van der Waals surface area contributed by atoms with E-state index in [1.807, 2.05) is 17.5 Å². The summed E-state index contributed by atoms with van der Waals surface area (Å²) in [5, 5.41) is 2.33. The van der Waals surface area contributed by atoms with E-state index >= 15 is 0 Å². The molecule has 0 fully saturated rings. The molecule has 1 N–H and O–H groups in total. The highest BCUT2D eigenvalue weighted by atomic mass is 32.1. The molecule has 0 bridgehead atoms. The largest absolute Gasteiger partial charge is 0.348 e. The molecular weight excluding hydrogens is 204 g/mol. The van der Waals surface area contributed by atoms with Gasteiger partial charge < -0.3 is 4.98 Å². The molecule has 2 nitrogen and oxygen atoms in total. The van der Waals surface area contributed by atoms with Crippen LogP contribution < -0.4 is 0 Å². The Balaban J connectivity index is 1.89. The standard InChI is InChI=1S/C12H14N2S/c1-2-4-12-11(3-1)9(7-15-12)5-10-6-13-8-14-10/h6-8H,1-5H2,(H,13,14). The van der Waals surface area contributed by atoms with E-state index in [1.165, 1.54) is 36.9 Å². The molecular formula is C12H14N2S. The van der Waals surface area contributed by atoms with Crippen molar-refractivity contribution >= 4 is 11.3 Å². The molecule has 3 rings (SSSR count). The van der Waals surface area contributed by atoms with E-state index in [0.29, 0.717) is 0 Å². The van der Waals surface area contributed by atoms with Crippen LogP contribution in [-0.2, 0) is 19.3 Å². The van der Waals surface area contributed by atoms with Gasteiger partial charge in [0.05, 0.1) is 6.33 Å². The molecule has 3 heteroatoms. The topological polar surface area (TPSA) is 28.7 Å². The fourth-order valence-corrected chi connectivity index (χ4v) is 3.44. The Kier molecular flexibility index (Phi) is 2.33. The molecule has 0 saturated carbocycles. The molecule has 0 saturated heterocycles. The van der Waals surface area contributed by atoms with Gasteiger partial charge >= 0.3 is 0 Å². The summed E-state index contributed by atoms with van der Waals surface area (Å²) in [6.45, 7) is 0. The smallest absolute Gasteiger partial charge is 0.0921 e. The third-order valence-electron chi connectivity index (χ3n) is 3.08. The van der Waals surface area contributed by atoms with Crippen molar-refractivity contribution in [1.29, 1.82) is 0 Å². The van der Waals surface area contributed by atoms with Crippen molar-refractivity contribution < 1.29 is 0 Å². The van der Waals surface area contributed by atoms with Gasteiger partial charge in [-0.3, -0.25) is 0 Å². The van der Waals surface area contributed by atoms with Crippen molar-refractivity contribution in [2.45, 2.75) is 32.1 Å². The Morgan fingerprint density at radius 2 is 2.27 bits per heavy atom. The lowest BCUT2D eigenvalue weighted by Gasteiger charge is -2.12. The van der Waals surface area contributed by atoms with Crippen molar-refractivity contribution in [2.24, 2.45) is 0 Å². The SMILES string of the molecule is c1ncc(Cc2csc3c2CCCC3)[nH]1. The first kappa shape index (κ1) is 9.16. The van der Waals surface area contributed by atoms with E-state index < -0.39 is 0 Å². The van der Waals surface area contributed by atoms with Gasteiger partial charge in [0.15, 0.2) is 0 Å². The third-order valence-corrected chi connectivity index (χ3v) is 4.22. The van der Waals surface area contributed by atoms with Gasteiger partial charge in [0.25, 0.3) is 0 Å². The Morgan fingerprint density at radius 3 is 3.13 bits per heavy atom. The summed E-state index contributed by atoms with van der Waals surface area (Å²) < 4.78 is 0. The molecule has 2 heterocycles. The quantitative estimate of drug-likeness (QED) is 0.825. The minimum atomic E-state index is 1.02. The van der Waals surface area contributed by atoms with E-state index in [-0.39, 0.29) is 0 Å². The number of nitrogens with zero attached hydrogens (tertiary/aromatic N) is 1. The predicted molar refractivity (Wildman–Crippen MR) is 62.4 cm³/mol. The predicted octanol–water partition coefficient (Wildman–Crippen LogP) is 2.94. The summed E-state index contributed by atoms with van der Waals surface area (Å²) in [6.07, 6.45) is 10.0. The highest BCUT2D eigenvalue weighted by Gasteiger charge is 2.15. The lowest BCUT2D eigenvalue weighted by molar-refractivity contribution is 0.692. The number of fused-ring (bicyclic) bond motifs is 1. The number of aryl methyl sites for hydroxylation is 1. The number of rotatable bonds is 2. The Labute approximate surface area is 93.4 Å². The summed E-state index contributed by atoms with van der Waals surface area (Å²) in [4.78, 5) is 8.86. The maximum atomic E-state index is 4.06. The highest BCUT2D eigenvalue weighted by Crippen LogP contribution is 2.31. The second-order valence-corrected chi connectivity index (χ2v) is 5.09. The van der Waals surface area contributed by atoms with Crippen molar-refractivity contribution in [3.8, 4) is 0 Å². The zero-order chi connectivity index (χ0) is 10.1. The van der Waals surface area contributed by atoms with Crippen LogP contribution in [0.15, 0.2) is 17.9 Å². The van der Waals surface area contributed by atoms with Crippen LogP contribution in [-0.4, -0.2) is 9.97 Å². The van der Waals surface area contributed by atoms with Crippen LogP contribution in [0.3, 0.4) is 0 Å². The summed E-state index contributed by atoms with van der Waals surface area (Å²) in [5.74, 6) is 0. The van der Waals surface area contributed by atoms with Gasteiger partial charge in [-0.1, -0.05) is 0 Å². The van der Waals surface area contributed by atoms with E-state index in [9.17, 15) is 0 Å². The number of imidazole rings is 1. The second-order valence-electron chi connectivity index (χ2n) is 4.12. The molecule has 0 atom stereocenters. The highest BCUT2D eigenvalue weighted by molar-refractivity contribution is 7.10. The first-order valence-electron chi connectivity index (χ1n) is 5.49. The summed E-state index contributed by atoms with van der Waals surface area (Å²) >= 11 is 1.94. The first-order chi connectivity index (χ1) is 7.43. The van der Waals surface area contributed by atoms with E-state index in [1.54, 1.807) is 16.8 Å². The van der Waals surface area contributed by atoms with E-state index in [2.05, 4.69) is 15.3 Å². The molecule has 1 aliphatic carbocycles. The number of hydrogen-bond donors (Lipinski definition) is 1. The minimum absolute atomic E-state index is 1.02. The lowest BCUT2D eigenvalue weighted by Crippen LogP contribution is -2.01. The van der Waals surface area contributed by atoms with Gasteiger partial charge in [0.2, 0.25) is 0 Å². The fraction of sp³-hybridized carbons (Fsp3) is 0.417. The van der Waals surface area contributed by atoms with Crippen molar-refractivity contribution in [3.05, 3.63) is 39.6 Å². The van der Waals surface area contributed by atoms with Crippen LogP contribution in [0, 0.1) is 0 Å². The van der Waals surface area contributed by atoms with Crippen LogP contribution >= 0.6 is 11.3 Å². The monoisotopic (exact) mass is 218 g/mol. The summed E-state index contributed by atoms with van der Waals surface area (Å²) in [7, 11) is 0. The number of aromatic amines is 1. The van der Waals surface area contributed by atoms with Crippen molar-refractivity contribution in [1.82, 2.24) is 9.97 Å². The van der Waals surface area contributed by atoms with Gasteiger partial charge in [-0.15, -0.1) is 11.3 Å². The van der Waals surface area contributed by atoms with Crippen molar-refractivity contribution in [2.75, 3.05) is 0 Å². The molecule has 0 aromatic carbocycles. The van der Waals surface area contributed by atoms with Crippen LogP contribution in [0.1, 0.15) is 34.5 Å². The molecule has 78 valence electrons. The average molecular weight is 218 g/mol. The van der Waals surface area contributed by atoms with E-state index in [0.717, 1.165) is 6.42 Å². The van der Waals surface area contributed by atoms with Gasteiger partial charge in [-0.05, 0) is 42.2 Å². The molecule has 0 radical (unpaired) electrons. The fourth-order valence-electron chi connectivity index (χ4n) is 2.30. The first-order valence-corrected chi connectivity index (χ1v) is 6.37. The normalized spacial score (nSPS) is 15.2. The minimum Gasteiger partial charge on any atom is -0.348 e. The number of nitrogens with one attached hydrogen (secondary N) is 1. The maximum Gasteiger partial charge on any atom is 0.0921 e. The molecule has 0 unspecified atom stereocenters. The maximum absolute atomic E-state index is 4.06. The number of thiophene rings is 1. The Bertz CT molecular complexity index is 442. The zero-order valence-corrected chi connectivity index (χ0v) is 9.44. The zero-order valence-electron chi connectivity index (χ0n) is 8.62. The molecule has 0 spiro atoms. The molecule has 2 aromatic rings. The van der Waals surface area contributed by atoms with Crippen LogP contribution in [0.25, 0.3) is 0 Å². The van der Waals surface area contributed by atoms with Crippen LogP contribution in [0.2, 0.25) is 0 Å². The summed E-state index contributed by atoms with van der Waals surface area (Å²) in [5.41, 5.74) is 4.36. The number of hydrogen-bond acceptors (Lipinski definition) is 2. The van der Waals surface area contributed by atoms with Gasteiger partial charge in [-0.2, -0.15) is 0 Å². The molecule has 0 amide bonds. The molecule has 0 aliphatic heterocycles. The second kappa shape index (κ2) is 3.81. The van der Waals surface area contributed by atoms with Crippen LogP contribution in [0.5, 0.6) is 0 Å². The van der Waals surface area contributed by atoms with Gasteiger partial charge in [-0.25, -0.2) is 4.98 Å². The molecule has 15 heavy (non-hydrogen) atoms. The third kappa shape index (κ3) is 1.72. The van der Waals surface area contributed by atoms with Crippen molar-refractivity contribution in [3.63, 3.8) is 0 Å². The van der Waals surface area contributed by atoms with Crippen LogP contribution in [0.4, 0.5) is 0 Å². The van der Waals surface area contributed by atoms with Gasteiger partial charge in [0.1, 0.15) is 0 Å². The van der Waals surface area contributed by atoms with E-state index in [4.69, 9.17) is 0 Å². The number of H-pyrrole nitrogens is 1. The Hall–Kier alpha value is -1.09. The summed E-state index contributed by atoms with van der Waals surface area (Å²) in [6, 6.07) is 0. The molecule has 2 aromatic heterocycles. The lowest BCUT2D eigenvalue weighted by atomic mass is 9.94. The molecule has 1 aliphatic rings.